The Morgan fingerprint density at radius 3 is 2.76 bits per heavy atom. The Labute approximate surface area is 123 Å². The van der Waals surface area contributed by atoms with Gasteiger partial charge in [0.05, 0.1) is 4.92 Å². The van der Waals surface area contributed by atoms with Crippen LogP contribution in [0.2, 0.25) is 0 Å². The molecule has 2 aromatic carbocycles. The van der Waals surface area contributed by atoms with E-state index >= 15 is 0 Å². The van der Waals surface area contributed by atoms with Gasteiger partial charge in [-0.05, 0) is 24.6 Å². The molecule has 0 saturated heterocycles. The van der Waals surface area contributed by atoms with Crippen molar-refractivity contribution in [3.8, 4) is 5.75 Å². The lowest BCUT2D eigenvalue weighted by molar-refractivity contribution is -0.385. The summed E-state index contributed by atoms with van der Waals surface area (Å²) in [7, 11) is 0. The van der Waals surface area contributed by atoms with Crippen molar-refractivity contribution in [3.63, 3.8) is 0 Å². The number of ether oxygens (including phenoxy) is 1. The van der Waals surface area contributed by atoms with Crippen molar-refractivity contribution in [2.45, 2.75) is 13.5 Å². The summed E-state index contributed by atoms with van der Waals surface area (Å²) < 4.78 is 5.61. The van der Waals surface area contributed by atoms with Gasteiger partial charge in [0, 0.05) is 24.7 Å². The van der Waals surface area contributed by atoms with Crippen LogP contribution in [0.4, 0.5) is 5.69 Å². The number of nitrogens with one attached hydrogen (secondary N) is 1. The molecule has 110 valence electrons. The average molecular weight is 286 g/mol. The molecule has 2 rings (SSSR count). The number of aryl methyl sites for hydroxylation is 1. The Balaban J connectivity index is 1.76. The molecule has 0 unspecified atom stereocenters. The van der Waals surface area contributed by atoms with Crippen LogP contribution >= 0.6 is 0 Å². The Hall–Kier alpha value is -2.40. The van der Waals surface area contributed by atoms with E-state index in [9.17, 15) is 10.1 Å². The summed E-state index contributed by atoms with van der Waals surface area (Å²) in [5, 5.41) is 14.0. The van der Waals surface area contributed by atoms with Gasteiger partial charge >= 0.3 is 0 Å². The maximum atomic E-state index is 10.9. The zero-order valence-electron chi connectivity index (χ0n) is 11.9. The second-order valence-corrected chi connectivity index (χ2v) is 4.73. The molecular weight excluding hydrogens is 268 g/mol. The maximum absolute atomic E-state index is 10.9. The standard InChI is InChI=1S/C16H18N2O3/c1-13-5-4-7-15(11-13)21-10-9-17-12-14-6-2-3-8-16(14)18(19)20/h2-8,11,17H,9-10,12H2,1H3. The lowest BCUT2D eigenvalue weighted by atomic mass is 10.2. The Morgan fingerprint density at radius 1 is 1.19 bits per heavy atom. The third kappa shape index (κ3) is 4.57. The summed E-state index contributed by atoms with van der Waals surface area (Å²) in [5.74, 6) is 0.836. The lowest BCUT2D eigenvalue weighted by Gasteiger charge is -2.08. The predicted molar refractivity (Wildman–Crippen MR) is 81.5 cm³/mol. The van der Waals surface area contributed by atoms with Crippen LogP contribution in [0.15, 0.2) is 48.5 Å². The van der Waals surface area contributed by atoms with E-state index in [2.05, 4.69) is 5.32 Å². The van der Waals surface area contributed by atoms with Crippen LogP contribution in [-0.4, -0.2) is 18.1 Å². The van der Waals surface area contributed by atoms with Crippen molar-refractivity contribution in [2.24, 2.45) is 0 Å². The van der Waals surface area contributed by atoms with Crippen molar-refractivity contribution < 1.29 is 9.66 Å². The molecule has 0 atom stereocenters. The molecule has 0 spiro atoms. The first-order valence-corrected chi connectivity index (χ1v) is 6.79. The summed E-state index contributed by atoms with van der Waals surface area (Å²) >= 11 is 0. The van der Waals surface area contributed by atoms with Crippen molar-refractivity contribution in [3.05, 3.63) is 69.8 Å². The van der Waals surface area contributed by atoms with Crippen molar-refractivity contribution in [1.29, 1.82) is 0 Å². The molecule has 0 radical (unpaired) electrons. The molecule has 0 amide bonds. The van der Waals surface area contributed by atoms with Crippen LogP contribution in [0.25, 0.3) is 0 Å². The maximum Gasteiger partial charge on any atom is 0.273 e. The quantitative estimate of drug-likeness (QED) is 0.482. The van der Waals surface area contributed by atoms with Crippen LogP contribution in [0.5, 0.6) is 5.75 Å². The lowest BCUT2D eigenvalue weighted by Crippen LogP contribution is -2.21. The second kappa shape index (κ2) is 7.40. The summed E-state index contributed by atoms with van der Waals surface area (Å²) in [5.41, 5.74) is 1.98. The highest BCUT2D eigenvalue weighted by molar-refractivity contribution is 5.39. The minimum atomic E-state index is -0.361. The fourth-order valence-corrected chi connectivity index (χ4v) is 2.01. The normalized spacial score (nSPS) is 10.3. The molecule has 1 N–H and O–H groups in total. The van der Waals surface area contributed by atoms with E-state index in [-0.39, 0.29) is 10.6 Å². The van der Waals surface area contributed by atoms with Gasteiger partial charge in [-0.2, -0.15) is 0 Å². The summed E-state index contributed by atoms with van der Waals surface area (Å²) in [6.45, 7) is 3.61. The molecule has 0 aliphatic heterocycles. The highest BCUT2D eigenvalue weighted by Crippen LogP contribution is 2.17. The van der Waals surface area contributed by atoms with Gasteiger partial charge < -0.3 is 10.1 Å². The SMILES string of the molecule is Cc1cccc(OCCNCc2ccccc2[N+](=O)[O-])c1. The molecule has 0 fully saturated rings. The number of nitrogens with zero attached hydrogens (tertiary/aromatic N) is 1. The van der Waals surface area contributed by atoms with Crippen LogP contribution in [-0.2, 0) is 6.54 Å². The number of hydrogen-bond acceptors (Lipinski definition) is 4. The fraction of sp³-hybridized carbons (Fsp3) is 0.250. The topological polar surface area (TPSA) is 64.4 Å². The number of hydrogen-bond donors (Lipinski definition) is 1. The smallest absolute Gasteiger partial charge is 0.273 e. The molecule has 0 bridgehead atoms. The monoisotopic (exact) mass is 286 g/mol. The van der Waals surface area contributed by atoms with Crippen molar-refractivity contribution in [2.75, 3.05) is 13.2 Å². The summed E-state index contributed by atoms with van der Waals surface area (Å²) in [4.78, 5) is 10.5. The molecule has 0 aliphatic rings. The third-order valence-electron chi connectivity index (χ3n) is 3.04. The highest BCUT2D eigenvalue weighted by Gasteiger charge is 2.11. The fourth-order valence-electron chi connectivity index (χ4n) is 2.01. The minimum absolute atomic E-state index is 0.143. The van der Waals surface area contributed by atoms with Crippen LogP contribution in [0.1, 0.15) is 11.1 Å². The molecule has 0 saturated carbocycles. The average Bonchev–Trinajstić information content (AvgIpc) is 2.47. The summed E-state index contributed by atoms with van der Waals surface area (Å²) in [6, 6.07) is 14.6. The number of nitro benzene ring substituents is 1. The first kappa shape index (κ1) is 15.0. The van der Waals surface area contributed by atoms with Gasteiger partial charge in [-0.3, -0.25) is 10.1 Å². The second-order valence-electron chi connectivity index (χ2n) is 4.73. The molecule has 0 aromatic heterocycles. The predicted octanol–water partition coefficient (Wildman–Crippen LogP) is 3.07. The van der Waals surface area contributed by atoms with E-state index in [1.54, 1.807) is 18.2 Å². The number of para-hydroxylation sites is 1. The van der Waals surface area contributed by atoms with Gasteiger partial charge in [0.25, 0.3) is 5.69 Å². The van der Waals surface area contributed by atoms with Crippen LogP contribution < -0.4 is 10.1 Å². The summed E-state index contributed by atoms with van der Waals surface area (Å²) in [6.07, 6.45) is 0. The Kier molecular flexibility index (Phi) is 5.29. The largest absolute Gasteiger partial charge is 0.492 e. The van der Waals surface area contributed by atoms with Gasteiger partial charge in [-0.15, -0.1) is 0 Å². The van der Waals surface area contributed by atoms with Gasteiger partial charge in [0.2, 0.25) is 0 Å². The molecule has 21 heavy (non-hydrogen) atoms. The van der Waals surface area contributed by atoms with Crippen molar-refractivity contribution in [1.82, 2.24) is 5.32 Å². The third-order valence-corrected chi connectivity index (χ3v) is 3.04. The molecule has 2 aromatic rings. The van der Waals surface area contributed by atoms with E-state index in [0.29, 0.717) is 25.3 Å². The zero-order chi connectivity index (χ0) is 15.1. The Bertz CT molecular complexity index is 614. The molecule has 0 aliphatic carbocycles. The van der Waals surface area contributed by atoms with E-state index in [1.165, 1.54) is 6.07 Å². The van der Waals surface area contributed by atoms with Crippen LogP contribution in [0, 0.1) is 17.0 Å². The van der Waals surface area contributed by atoms with E-state index in [1.807, 2.05) is 31.2 Å². The molecular formula is C16H18N2O3. The number of rotatable bonds is 7. The van der Waals surface area contributed by atoms with Crippen LogP contribution in [0.3, 0.4) is 0 Å². The first-order valence-electron chi connectivity index (χ1n) is 6.79. The Morgan fingerprint density at radius 2 is 2.00 bits per heavy atom. The van der Waals surface area contributed by atoms with E-state index < -0.39 is 0 Å². The number of benzene rings is 2. The molecule has 0 heterocycles. The molecule has 5 heteroatoms. The first-order chi connectivity index (χ1) is 10.2. The van der Waals surface area contributed by atoms with Gasteiger partial charge in [-0.1, -0.05) is 30.3 Å². The zero-order valence-corrected chi connectivity index (χ0v) is 11.9. The van der Waals surface area contributed by atoms with E-state index in [0.717, 1.165) is 11.3 Å². The van der Waals surface area contributed by atoms with E-state index in [4.69, 9.17) is 4.74 Å². The van der Waals surface area contributed by atoms with Crippen molar-refractivity contribution >= 4 is 5.69 Å². The highest BCUT2D eigenvalue weighted by atomic mass is 16.6. The minimum Gasteiger partial charge on any atom is -0.492 e. The van der Waals surface area contributed by atoms with Gasteiger partial charge in [0.15, 0.2) is 0 Å². The van der Waals surface area contributed by atoms with Gasteiger partial charge in [-0.25, -0.2) is 0 Å². The van der Waals surface area contributed by atoms with Gasteiger partial charge in [0.1, 0.15) is 12.4 Å². The molecule has 5 nitrogen and oxygen atoms in total. The number of nitro groups is 1.